The number of phenols is 1. The van der Waals surface area contributed by atoms with E-state index in [0.29, 0.717) is 13.0 Å². The van der Waals surface area contributed by atoms with Crippen LogP contribution in [0.15, 0.2) is 24.3 Å². The third-order valence-corrected chi connectivity index (χ3v) is 3.04. The average molecular weight is 223 g/mol. The van der Waals surface area contributed by atoms with Gasteiger partial charge in [-0.1, -0.05) is 25.5 Å². The Morgan fingerprint density at radius 1 is 1.38 bits per heavy atom. The molecule has 0 aliphatic heterocycles. The molecule has 0 aliphatic rings. The van der Waals surface area contributed by atoms with E-state index in [2.05, 4.69) is 6.92 Å². The van der Waals surface area contributed by atoms with E-state index >= 15 is 0 Å². The second-order valence-corrected chi connectivity index (χ2v) is 4.46. The van der Waals surface area contributed by atoms with E-state index in [4.69, 9.17) is 5.73 Å². The van der Waals surface area contributed by atoms with Crippen LogP contribution in [-0.2, 0) is 6.42 Å². The number of benzene rings is 1. The Hall–Kier alpha value is -1.06. The predicted octanol–water partition coefficient (Wildman–Crippen LogP) is 1.67. The van der Waals surface area contributed by atoms with Crippen molar-refractivity contribution in [1.29, 1.82) is 0 Å². The summed E-state index contributed by atoms with van der Waals surface area (Å²) < 4.78 is 0. The van der Waals surface area contributed by atoms with Crippen LogP contribution in [0, 0.1) is 5.41 Å². The first kappa shape index (κ1) is 13.0. The van der Waals surface area contributed by atoms with Crippen molar-refractivity contribution in [2.75, 3.05) is 13.2 Å². The van der Waals surface area contributed by atoms with Crippen molar-refractivity contribution in [1.82, 2.24) is 0 Å². The van der Waals surface area contributed by atoms with E-state index in [-0.39, 0.29) is 17.8 Å². The second kappa shape index (κ2) is 5.87. The van der Waals surface area contributed by atoms with Gasteiger partial charge in [-0.3, -0.25) is 0 Å². The normalized spacial score (nSPS) is 14.7. The number of rotatable bonds is 6. The number of aliphatic hydroxyl groups is 1. The van der Waals surface area contributed by atoms with Gasteiger partial charge in [0, 0.05) is 12.0 Å². The van der Waals surface area contributed by atoms with Gasteiger partial charge in [0.25, 0.3) is 0 Å². The van der Waals surface area contributed by atoms with Crippen molar-refractivity contribution >= 4 is 0 Å². The highest BCUT2D eigenvalue weighted by Gasteiger charge is 2.27. The lowest BCUT2D eigenvalue weighted by atomic mass is 9.78. The molecule has 3 heteroatoms. The molecule has 16 heavy (non-hydrogen) atoms. The molecule has 0 saturated heterocycles. The van der Waals surface area contributed by atoms with Crippen LogP contribution in [-0.4, -0.2) is 23.4 Å². The lowest BCUT2D eigenvalue weighted by Gasteiger charge is -2.30. The Morgan fingerprint density at radius 2 is 2.12 bits per heavy atom. The minimum absolute atomic E-state index is 0.0903. The first-order valence-corrected chi connectivity index (χ1v) is 5.74. The number of aromatic hydroxyl groups is 1. The highest BCUT2D eigenvalue weighted by atomic mass is 16.3. The summed E-state index contributed by atoms with van der Waals surface area (Å²) in [5.74, 6) is 0.262. The summed E-state index contributed by atoms with van der Waals surface area (Å²) in [6.07, 6.45) is 2.61. The average Bonchev–Trinajstić information content (AvgIpc) is 2.28. The maximum Gasteiger partial charge on any atom is 0.115 e. The van der Waals surface area contributed by atoms with Crippen molar-refractivity contribution < 1.29 is 10.2 Å². The number of hydrogen-bond acceptors (Lipinski definition) is 3. The molecule has 0 heterocycles. The zero-order chi connectivity index (χ0) is 12.0. The lowest BCUT2D eigenvalue weighted by Crippen LogP contribution is -2.36. The fraction of sp³-hybridized carbons (Fsp3) is 0.538. The fourth-order valence-electron chi connectivity index (χ4n) is 2.09. The summed E-state index contributed by atoms with van der Waals surface area (Å²) in [5.41, 5.74) is 6.54. The van der Waals surface area contributed by atoms with Gasteiger partial charge < -0.3 is 15.9 Å². The smallest absolute Gasteiger partial charge is 0.115 e. The Labute approximate surface area is 96.9 Å². The van der Waals surface area contributed by atoms with Gasteiger partial charge >= 0.3 is 0 Å². The van der Waals surface area contributed by atoms with Crippen LogP contribution in [0.1, 0.15) is 25.3 Å². The van der Waals surface area contributed by atoms with Crippen LogP contribution >= 0.6 is 0 Å². The Balaban J connectivity index is 2.82. The topological polar surface area (TPSA) is 66.5 Å². The van der Waals surface area contributed by atoms with Crippen LogP contribution in [0.5, 0.6) is 5.75 Å². The van der Waals surface area contributed by atoms with E-state index in [1.807, 2.05) is 12.1 Å². The molecule has 0 saturated carbocycles. The van der Waals surface area contributed by atoms with Crippen molar-refractivity contribution in [3.63, 3.8) is 0 Å². The quantitative estimate of drug-likeness (QED) is 0.687. The summed E-state index contributed by atoms with van der Waals surface area (Å²) in [6.45, 7) is 2.64. The third kappa shape index (κ3) is 3.22. The molecule has 1 unspecified atom stereocenters. The highest BCUT2D eigenvalue weighted by molar-refractivity contribution is 5.28. The van der Waals surface area contributed by atoms with Crippen molar-refractivity contribution in [3.8, 4) is 5.75 Å². The Kier molecular flexibility index (Phi) is 4.77. The summed E-state index contributed by atoms with van der Waals surface area (Å²) >= 11 is 0. The number of hydrogen-bond donors (Lipinski definition) is 3. The van der Waals surface area contributed by atoms with Crippen LogP contribution in [0.4, 0.5) is 0 Å². The molecular formula is C13H21NO2. The van der Waals surface area contributed by atoms with Crippen LogP contribution in [0.25, 0.3) is 0 Å². The summed E-state index contributed by atoms with van der Waals surface area (Å²) in [6, 6.07) is 7.15. The van der Waals surface area contributed by atoms with Crippen molar-refractivity contribution in [2.45, 2.75) is 26.2 Å². The van der Waals surface area contributed by atoms with Crippen LogP contribution in [0.2, 0.25) is 0 Å². The molecule has 90 valence electrons. The van der Waals surface area contributed by atoms with Crippen LogP contribution in [0.3, 0.4) is 0 Å². The molecule has 0 aliphatic carbocycles. The van der Waals surface area contributed by atoms with Gasteiger partial charge in [0.2, 0.25) is 0 Å². The Bertz CT molecular complexity index is 321. The van der Waals surface area contributed by atoms with E-state index in [0.717, 1.165) is 18.4 Å². The molecule has 1 aromatic carbocycles. The molecule has 3 nitrogen and oxygen atoms in total. The lowest BCUT2D eigenvalue weighted by molar-refractivity contribution is 0.121. The zero-order valence-electron chi connectivity index (χ0n) is 9.82. The monoisotopic (exact) mass is 223 g/mol. The van der Waals surface area contributed by atoms with Crippen molar-refractivity contribution in [3.05, 3.63) is 29.8 Å². The van der Waals surface area contributed by atoms with Gasteiger partial charge in [-0.2, -0.15) is 0 Å². The third-order valence-electron chi connectivity index (χ3n) is 3.04. The zero-order valence-corrected chi connectivity index (χ0v) is 9.82. The summed E-state index contributed by atoms with van der Waals surface area (Å²) in [4.78, 5) is 0. The number of aliphatic hydroxyl groups excluding tert-OH is 1. The minimum atomic E-state index is -0.247. The maximum atomic E-state index is 9.50. The van der Waals surface area contributed by atoms with E-state index in [1.165, 1.54) is 0 Å². The Morgan fingerprint density at radius 3 is 2.62 bits per heavy atom. The fourth-order valence-corrected chi connectivity index (χ4v) is 2.09. The van der Waals surface area contributed by atoms with Gasteiger partial charge in [0.15, 0.2) is 0 Å². The first-order chi connectivity index (χ1) is 7.65. The first-order valence-electron chi connectivity index (χ1n) is 5.74. The molecule has 1 atom stereocenters. The molecule has 0 aromatic heterocycles. The van der Waals surface area contributed by atoms with Gasteiger partial charge in [0.1, 0.15) is 5.75 Å². The molecular weight excluding hydrogens is 202 g/mol. The summed E-state index contributed by atoms with van der Waals surface area (Å²) in [7, 11) is 0. The van der Waals surface area contributed by atoms with Gasteiger partial charge in [-0.05, 0) is 30.5 Å². The van der Waals surface area contributed by atoms with Crippen LogP contribution < -0.4 is 5.73 Å². The standard InChI is InChI=1S/C13H21NO2/c1-2-6-13(9-14,10-15)8-11-4-3-5-12(16)7-11/h3-5,7,15-16H,2,6,8-10,14H2,1H3. The molecule has 0 radical (unpaired) electrons. The van der Waals surface area contributed by atoms with E-state index in [1.54, 1.807) is 12.1 Å². The molecule has 1 aromatic rings. The predicted molar refractivity (Wildman–Crippen MR) is 65.3 cm³/mol. The van der Waals surface area contributed by atoms with Crippen molar-refractivity contribution in [2.24, 2.45) is 11.1 Å². The maximum absolute atomic E-state index is 9.50. The molecule has 0 amide bonds. The molecule has 0 fully saturated rings. The molecule has 0 spiro atoms. The number of phenolic OH excluding ortho intramolecular Hbond substituents is 1. The van der Waals surface area contributed by atoms with E-state index in [9.17, 15) is 10.2 Å². The minimum Gasteiger partial charge on any atom is -0.508 e. The second-order valence-electron chi connectivity index (χ2n) is 4.46. The van der Waals surface area contributed by atoms with Gasteiger partial charge in [-0.15, -0.1) is 0 Å². The van der Waals surface area contributed by atoms with Gasteiger partial charge in [0.05, 0.1) is 6.61 Å². The molecule has 4 N–H and O–H groups in total. The number of nitrogens with two attached hydrogens (primary N) is 1. The molecule has 1 rings (SSSR count). The SMILES string of the molecule is CCCC(CN)(CO)Cc1cccc(O)c1. The largest absolute Gasteiger partial charge is 0.508 e. The van der Waals surface area contributed by atoms with E-state index < -0.39 is 0 Å². The summed E-state index contributed by atoms with van der Waals surface area (Å²) in [5, 5.41) is 18.9. The highest BCUT2D eigenvalue weighted by Crippen LogP contribution is 2.28. The molecule has 0 bridgehead atoms. The van der Waals surface area contributed by atoms with Gasteiger partial charge in [-0.25, -0.2) is 0 Å².